The Hall–Kier alpha value is -0.985. The van der Waals surface area contributed by atoms with Crippen LogP contribution in [-0.2, 0) is 9.31 Å². The lowest BCUT2D eigenvalue weighted by atomic mass is 9.79. The van der Waals surface area contributed by atoms with Crippen LogP contribution in [0.1, 0.15) is 45.8 Å². The van der Waals surface area contributed by atoms with E-state index in [9.17, 15) is 10.2 Å². The molecule has 0 saturated carbocycles. The van der Waals surface area contributed by atoms with E-state index in [2.05, 4.69) is 4.98 Å². The second-order valence-corrected chi connectivity index (χ2v) is 6.66. The van der Waals surface area contributed by atoms with Gasteiger partial charge in [-0.3, -0.25) is 4.98 Å². The molecule has 2 rings (SSSR count). The van der Waals surface area contributed by atoms with Crippen LogP contribution < -0.4 is 5.46 Å². The van der Waals surface area contributed by atoms with E-state index in [4.69, 9.17) is 14.4 Å². The Labute approximate surface area is 131 Å². The van der Waals surface area contributed by atoms with Crippen LogP contribution in [0, 0.1) is 0 Å². The van der Waals surface area contributed by atoms with Gasteiger partial charge in [0.05, 0.1) is 17.3 Å². The Balaban J connectivity index is 2.20. The number of aliphatic hydroxyl groups excluding tert-OH is 3. The van der Waals surface area contributed by atoms with Gasteiger partial charge in [0.15, 0.2) is 0 Å². The molecule has 1 aromatic heterocycles. The van der Waals surface area contributed by atoms with Crippen molar-refractivity contribution in [3.05, 3.63) is 24.0 Å². The number of nitrogens with zero attached hydrogens (tertiary/aromatic N) is 1. The predicted molar refractivity (Wildman–Crippen MR) is 82.6 cm³/mol. The van der Waals surface area contributed by atoms with Crippen molar-refractivity contribution in [3.63, 3.8) is 0 Å². The Bertz CT molecular complexity index is 506. The zero-order valence-corrected chi connectivity index (χ0v) is 13.5. The summed E-state index contributed by atoms with van der Waals surface area (Å²) in [6, 6.07) is 1.71. The molecule has 1 aliphatic rings. The molecule has 0 bridgehead atoms. The van der Waals surface area contributed by atoms with Crippen molar-refractivity contribution in [1.82, 2.24) is 4.98 Å². The third kappa shape index (κ3) is 3.34. The van der Waals surface area contributed by atoms with Crippen LogP contribution >= 0.6 is 0 Å². The fourth-order valence-corrected chi connectivity index (χ4v) is 2.26. The molecule has 0 aromatic carbocycles. The highest BCUT2D eigenvalue weighted by atomic mass is 16.7. The van der Waals surface area contributed by atoms with Crippen molar-refractivity contribution in [2.75, 3.05) is 6.61 Å². The van der Waals surface area contributed by atoms with E-state index in [1.54, 1.807) is 12.3 Å². The van der Waals surface area contributed by atoms with E-state index in [-0.39, 0.29) is 13.0 Å². The van der Waals surface area contributed by atoms with Crippen molar-refractivity contribution in [1.29, 1.82) is 0 Å². The number of aliphatic hydroxyl groups is 3. The highest BCUT2D eigenvalue weighted by Gasteiger charge is 2.51. The summed E-state index contributed by atoms with van der Waals surface area (Å²) in [6.45, 7) is 7.66. The molecule has 122 valence electrons. The summed E-state index contributed by atoms with van der Waals surface area (Å²) >= 11 is 0. The fourth-order valence-electron chi connectivity index (χ4n) is 2.26. The average Bonchev–Trinajstić information content (AvgIpc) is 2.67. The van der Waals surface area contributed by atoms with E-state index < -0.39 is 30.5 Å². The molecule has 2 unspecified atom stereocenters. The molecule has 0 aliphatic carbocycles. The van der Waals surface area contributed by atoms with Gasteiger partial charge in [0.1, 0.15) is 6.10 Å². The highest BCUT2D eigenvalue weighted by molar-refractivity contribution is 6.62. The molecule has 0 amide bonds. The van der Waals surface area contributed by atoms with Gasteiger partial charge in [0.2, 0.25) is 0 Å². The summed E-state index contributed by atoms with van der Waals surface area (Å²) in [5, 5.41) is 28.8. The van der Waals surface area contributed by atoms with Crippen molar-refractivity contribution in [2.45, 2.75) is 57.5 Å². The standard InChI is InChI=1S/C15H24BNO5/c1-14(2)15(3,4)22-16(21-14)11-7-10(8-17-9-11)13(20)12(19)5-6-18/h7-9,12-13,18-20H,5-6H2,1-4H3. The van der Waals surface area contributed by atoms with Gasteiger partial charge in [-0.25, -0.2) is 0 Å². The van der Waals surface area contributed by atoms with Gasteiger partial charge in [0, 0.05) is 30.0 Å². The number of pyridine rings is 1. The first-order valence-corrected chi connectivity index (χ1v) is 7.45. The Morgan fingerprint density at radius 2 is 1.73 bits per heavy atom. The third-order valence-corrected chi connectivity index (χ3v) is 4.44. The maximum atomic E-state index is 10.1. The van der Waals surface area contributed by atoms with Gasteiger partial charge in [-0.15, -0.1) is 0 Å². The Morgan fingerprint density at radius 3 is 2.27 bits per heavy atom. The highest BCUT2D eigenvalue weighted by Crippen LogP contribution is 2.36. The largest absolute Gasteiger partial charge is 0.496 e. The average molecular weight is 309 g/mol. The molecule has 0 radical (unpaired) electrons. The molecule has 0 spiro atoms. The molecule has 1 aliphatic heterocycles. The summed E-state index contributed by atoms with van der Waals surface area (Å²) in [7, 11) is -0.570. The topological polar surface area (TPSA) is 92.0 Å². The van der Waals surface area contributed by atoms with E-state index in [1.165, 1.54) is 6.20 Å². The third-order valence-electron chi connectivity index (χ3n) is 4.44. The second-order valence-electron chi connectivity index (χ2n) is 6.66. The normalized spacial score (nSPS) is 22.6. The lowest BCUT2D eigenvalue weighted by molar-refractivity contribution is 0.00407. The van der Waals surface area contributed by atoms with Crippen LogP contribution in [0.4, 0.5) is 0 Å². The molecule has 6 nitrogen and oxygen atoms in total. The predicted octanol–water partition coefficient (Wildman–Crippen LogP) is 0.157. The quantitative estimate of drug-likeness (QED) is 0.671. The monoisotopic (exact) mass is 309 g/mol. The number of rotatable bonds is 5. The fraction of sp³-hybridized carbons (Fsp3) is 0.667. The molecule has 1 saturated heterocycles. The Kier molecular flexibility index (Phi) is 4.94. The van der Waals surface area contributed by atoms with Crippen LogP contribution in [0.2, 0.25) is 0 Å². The van der Waals surface area contributed by atoms with E-state index in [0.717, 1.165) is 0 Å². The van der Waals surface area contributed by atoms with Gasteiger partial charge in [-0.1, -0.05) is 6.07 Å². The smallest absolute Gasteiger partial charge is 0.399 e. The summed E-state index contributed by atoms with van der Waals surface area (Å²) in [5.41, 5.74) is 0.241. The van der Waals surface area contributed by atoms with Gasteiger partial charge < -0.3 is 24.6 Å². The van der Waals surface area contributed by atoms with E-state index in [1.807, 2.05) is 27.7 Å². The molecule has 22 heavy (non-hydrogen) atoms. The minimum Gasteiger partial charge on any atom is -0.399 e. The van der Waals surface area contributed by atoms with E-state index in [0.29, 0.717) is 11.0 Å². The van der Waals surface area contributed by atoms with Crippen LogP contribution in [-0.4, -0.2) is 51.3 Å². The van der Waals surface area contributed by atoms with Crippen molar-refractivity contribution < 1.29 is 24.6 Å². The molecule has 1 aromatic rings. The minimum atomic E-state index is -1.11. The second kappa shape index (κ2) is 6.25. The first-order valence-electron chi connectivity index (χ1n) is 7.45. The van der Waals surface area contributed by atoms with E-state index >= 15 is 0 Å². The molecular weight excluding hydrogens is 285 g/mol. The summed E-state index contributed by atoms with van der Waals surface area (Å²) in [4.78, 5) is 4.09. The Morgan fingerprint density at radius 1 is 1.14 bits per heavy atom. The van der Waals surface area contributed by atoms with Crippen molar-refractivity contribution >= 4 is 12.6 Å². The van der Waals surface area contributed by atoms with Gasteiger partial charge in [-0.2, -0.15) is 0 Å². The zero-order chi connectivity index (χ0) is 16.5. The summed E-state index contributed by atoms with van der Waals surface area (Å²) in [5.74, 6) is 0. The first-order chi connectivity index (χ1) is 10.2. The maximum Gasteiger partial charge on any atom is 0.496 e. The van der Waals surface area contributed by atoms with Crippen LogP contribution in [0.5, 0.6) is 0 Å². The van der Waals surface area contributed by atoms with Gasteiger partial charge in [0.25, 0.3) is 0 Å². The van der Waals surface area contributed by atoms with Gasteiger partial charge >= 0.3 is 7.12 Å². The van der Waals surface area contributed by atoms with Crippen LogP contribution in [0.15, 0.2) is 18.5 Å². The SMILES string of the molecule is CC1(C)OB(c2cncc(C(O)C(O)CCO)c2)OC1(C)C. The lowest BCUT2D eigenvalue weighted by Gasteiger charge is -2.32. The zero-order valence-electron chi connectivity index (χ0n) is 13.5. The number of aromatic nitrogens is 1. The molecule has 7 heteroatoms. The lowest BCUT2D eigenvalue weighted by Crippen LogP contribution is -2.41. The van der Waals surface area contributed by atoms with Crippen molar-refractivity contribution in [2.24, 2.45) is 0 Å². The molecule has 1 fully saturated rings. The summed E-state index contributed by atoms with van der Waals surface area (Å²) < 4.78 is 11.9. The van der Waals surface area contributed by atoms with Crippen LogP contribution in [0.3, 0.4) is 0 Å². The molecule has 2 heterocycles. The van der Waals surface area contributed by atoms with Crippen LogP contribution in [0.25, 0.3) is 0 Å². The van der Waals surface area contributed by atoms with Gasteiger partial charge in [-0.05, 0) is 34.1 Å². The molecular formula is C15H24BNO5. The maximum absolute atomic E-state index is 10.1. The minimum absolute atomic E-state index is 0.0991. The number of hydrogen-bond donors (Lipinski definition) is 3. The molecule has 3 N–H and O–H groups in total. The first kappa shape index (κ1) is 17.4. The van der Waals surface area contributed by atoms with Crippen molar-refractivity contribution in [3.8, 4) is 0 Å². The molecule has 2 atom stereocenters. The number of hydrogen-bond acceptors (Lipinski definition) is 6. The summed E-state index contributed by atoms with van der Waals surface area (Å²) in [6.07, 6.45) is 1.06.